The second-order valence-corrected chi connectivity index (χ2v) is 4.25. The van der Waals surface area contributed by atoms with Crippen molar-refractivity contribution in [2.45, 2.75) is 19.9 Å². The zero-order valence-electron chi connectivity index (χ0n) is 10.3. The number of nitrogens with zero attached hydrogens (tertiary/aromatic N) is 1. The molecule has 0 aliphatic carbocycles. The van der Waals surface area contributed by atoms with Crippen LogP contribution in [0.25, 0.3) is 0 Å². The molecular weight excluding hydrogens is 304 g/mol. The lowest BCUT2D eigenvalue weighted by Gasteiger charge is -2.00. The van der Waals surface area contributed by atoms with E-state index < -0.39 is 12.1 Å². The van der Waals surface area contributed by atoms with E-state index in [1.807, 2.05) is 0 Å². The molecule has 1 aromatic rings. The summed E-state index contributed by atoms with van der Waals surface area (Å²) in [6, 6.07) is 5.09. The fraction of sp³-hybridized carbons (Fsp3) is 0.364. The van der Waals surface area contributed by atoms with Gasteiger partial charge in [-0.25, -0.2) is 14.6 Å². The Labute approximate surface area is 113 Å². The summed E-state index contributed by atoms with van der Waals surface area (Å²) in [5.41, 5.74) is 0.307. The van der Waals surface area contributed by atoms with Gasteiger partial charge in [0.1, 0.15) is 10.3 Å². The van der Waals surface area contributed by atoms with Crippen molar-refractivity contribution in [3.63, 3.8) is 0 Å². The predicted octanol–water partition coefficient (Wildman–Crippen LogP) is 2.29. The molecule has 0 radical (unpaired) electrons. The maximum absolute atomic E-state index is 10.9. The highest BCUT2D eigenvalue weighted by Crippen LogP contribution is 2.06. The number of carbonyl (C=O) groups excluding carboxylic acids is 1. The Morgan fingerprint density at radius 2 is 2.06 bits per heavy atom. The number of amides is 1. The molecule has 1 rings (SSSR count). The minimum absolute atomic E-state index is 0.0255. The van der Waals surface area contributed by atoms with E-state index in [9.17, 15) is 9.59 Å². The highest BCUT2D eigenvalue weighted by molar-refractivity contribution is 9.10. The van der Waals surface area contributed by atoms with E-state index in [0.717, 1.165) is 0 Å². The molecule has 0 atom stereocenters. The van der Waals surface area contributed by atoms with Crippen LogP contribution in [0.2, 0.25) is 0 Å². The van der Waals surface area contributed by atoms with Gasteiger partial charge in [-0.05, 0) is 41.9 Å². The zero-order chi connectivity index (χ0) is 14.1. The predicted molar refractivity (Wildman–Crippen MR) is 69.6 cm³/mol. The molecular formula is C11H15BrN2O4. The number of esters is 1. The summed E-state index contributed by atoms with van der Waals surface area (Å²) in [7, 11) is 1.32. The SMILES string of the molecule is CC(C)NC(=O)O.COC(=O)c1cccc(Br)n1. The maximum atomic E-state index is 10.9. The summed E-state index contributed by atoms with van der Waals surface area (Å²) in [4.78, 5) is 24.4. The number of ether oxygens (including phenoxy) is 1. The number of pyridine rings is 1. The molecule has 0 aromatic carbocycles. The average Bonchev–Trinajstić information content (AvgIpc) is 2.27. The van der Waals surface area contributed by atoms with Gasteiger partial charge in [0.2, 0.25) is 0 Å². The highest BCUT2D eigenvalue weighted by atomic mass is 79.9. The number of aromatic nitrogens is 1. The Balaban J connectivity index is 0.000000360. The van der Waals surface area contributed by atoms with E-state index in [4.69, 9.17) is 5.11 Å². The second-order valence-electron chi connectivity index (χ2n) is 3.44. The Morgan fingerprint density at radius 1 is 1.44 bits per heavy atom. The smallest absolute Gasteiger partial charge is 0.404 e. The molecule has 7 heteroatoms. The van der Waals surface area contributed by atoms with Gasteiger partial charge in [0.15, 0.2) is 0 Å². The molecule has 18 heavy (non-hydrogen) atoms. The van der Waals surface area contributed by atoms with Gasteiger partial charge in [0, 0.05) is 6.04 Å². The largest absolute Gasteiger partial charge is 0.465 e. The van der Waals surface area contributed by atoms with Crippen LogP contribution in [-0.4, -0.2) is 35.3 Å². The topological polar surface area (TPSA) is 88.5 Å². The second kappa shape index (κ2) is 8.46. The first kappa shape index (κ1) is 16.4. The Kier molecular flexibility index (Phi) is 7.69. The minimum atomic E-state index is -0.963. The Bertz CT molecular complexity index is 410. The number of carboxylic acid groups (broad SMARTS) is 1. The quantitative estimate of drug-likeness (QED) is 0.645. The summed E-state index contributed by atoms with van der Waals surface area (Å²) in [5.74, 6) is -0.425. The summed E-state index contributed by atoms with van der Waals surface area (Å²) in [6.07, 6.45) is -0.963. The lowest BCUT2D eigenvalue weighted by Crippen LogP contribution is -2.27. The monoisotopic (exact) mass is 318 g/mol. The van der Waals surface area contributed by atoms with Gasteiger partial charge in [-0.2, -0.15) is 0 Å². The third-order valence-electron chi connectivity index (χ3n) is 1.52. The molecule has 1 heterocycles. The van der Waals surface area contributed by atoms with E-state index in [2.05, 4.69) is 31.0 Å². The third kappa shape index (κ3) is 7.61. The van der Waals surface area contributed by atoms with Crippen molar-refractivity contribution in [3.05, 3.63) is 28.5 Å². The lowest BCUT2D eigenvalue weighted by atomic mass is 10.4. The van der Waals surface area contributed by atoms with Crippen LogP contribution in [0.3, 0.4) is 0 Å². The Morgan fingerprint density at radius 3 is 2.39 bits per heavy atom. The van der Waals surface area contributed by atoms with Crippen molar-refractivity contribution in [2.24, 2.45) is 0 Å². The molecule has 0 saturated carbocycles. The molecule has 0 aliphatic heterocycles. The van der Waals surface area contributed by atoms with E-state index in [1.54, 1.807) is 32.0 Å². The van der Waals surface area contributed by atoms with Crippen LogP contribution in [0.1, 0.15) is 24.3 Å². The molecule has 1 amide bonds. The lowest BCUT2D eigenvalue weighted by molar-refractivity contribution is 0.0593. The van der Waals surface area contributed by atoms with Gasteiger partial charge in [-0.3, -0.25) is 0 Å². The number of nitrogens with one attached hydrogen (secondary N) is 1. The van der Waals surface area contributed by atoms with Gasteiger partial charge < -0.3 is 15.2 Å². The van der Waals surface area contributed by atoms with Crippen LogP contribution in [0.4, 0.5) is 4.79 Å². The minimum Gasteiger partial charge on any atom is -0.465 e. The van der Waals surface area contributed by atoms with Crippen molar-refractivity contribution >= 4 is 28.0 Å². The van der Waals surface area contributed by atoms with Gasteiger partial charge in [0.25, 0.3) is 0 Å². The van der Waals surface area contributed by atoms with Crippen molar-refractivity contribution in [1.29, 1.82) is 0 Å². The molecule has 0 spiro atoms. The van der Waals surface area contributed by atoms with Crippen LogP contribution in [0.15, 0.2) is 22.8 Å². The Hall–Kier alpha value is -1.63. The van der Waals surface area contributed by atoms with Gasteiger partial charge in [-0.15, -0.1) is 0 Å². The van der Waals surface area contributed by atoms with Crippen LogP contribution >= 0.6 is 15.9 Å². The number of halogens is 1. The molecule has 0 fully saturated rings. The van der Waals surface area contributed by atoms with Crippen LogP contribution in [0, 0.1) is 0 Å². The van der Waals surface area contributed by atoms with Gasteiger partial charge in [0.05, 0.1) is 7.11 Å². The first-order chi connectivity index (χ1) is 8.36. The summed E-state index contributed by atoms with van der Waals surface area (Å²) >= 11 is 3.14. The molecule has 100 valence electrons. The average molecular weight is 319 g/mol. The van der Waals surface area contributed by atoms with Gasteiger partial charge in [-0.1, -0.05) is 6.07 Å². The number of methoxy groups -OCH3 is 1. The molecule has 0 bridgehead atoms. The number of carbonyl (C=O) groups is 2. The van der Waals surface area contributed by atoms with E-state index >= 15 is 0 Å². The summed E-state index contributed by atoms with van der Waals surface area (Å²) in [6.45, 7) is 3.54. The first-order valence-corrected chi connectivity index (χ1v) is 5.86. The summed E-state index contributed by atoms with van der Waals surface area (Å²) in [5, 5.41) is 10.2. The molecule has 0 unspecified atom stereocenters. The molecule has 0 aliphatic rings. The zero-order valence-corrected chi connectivity index (χ0v) is 11.9. The van der Waals surface area contributed by atoms with Gasteiger partial charge >= 0.3 is 12.1 Å². The molecule has 0 saturated heterocycles. The maximum Gasteiger partial charge on any atom is 0.404 e. The highest BCUT2D eigenvalue weighted by Gasteiger charge is 2.05. The van der Waals surface area contributed by atoms with Crippen LogP contribution in [-0.2, 0) is 4.74 Å². The number of rotatable bonds is 2. The van der Waals surface area contributed by atoms with E-state index in [-0.39, 0.29) is 6.04 Å². The van der Waals surface area contributed by atoms with Crippen LogP contribution in [0.5, 0.6) is 0 Å². The summed E-state index contributed by atoms with van der Waals surface area (Å²) < 4.78 is 5.09. The standard InChI is InChI=1S/C7H6BrNO2.C4H9NO2/c1-11-7(10)5-3-2-4-6(8)9-5;1-3(2)5-4(6)7/h2-4H,1H3;3,5H,1-2H3,(H,6,7). The molecule has 6 nitrogen and oxygen atoms in total. The third-order valence-corrected chi connectivity index (χ3v) is 1.96. The molecule has 2 N–H and O–H groups in total. The van der Waals surface area contributed by atoms with Crippen molar-refractivity contribution in [1.82, 2.24) is 10.3 Å². The fourth-order valence-electron chi connectivity index (χ4n) is 0.873. The van der Waals surface area contributed by atoms with Crippen molar-refractivity contribution in [2.75, 3.05) is 7.11 Å². The van der Waals surface area contributed by atoms with E-state index in [0.29, 0.717) is 10.3 Å². The number of hydrogen-bond acceptors (Lipinski definition) is 4. The number of hydrogen-bond donors (Lipinski definition) is 2. The van der Waals surface area contributed by atoms with Crippen molar-refractivity contribution < 1.29 is 19.4 Å². The van der Waals surface area contributed by atoms with E-state index in [1.165, 1.54) is 7.11 Å². The van der Waals surface area contributed by atoms with Crippen LogP contribution < -0.4 is 5.32 Å². The van der Waals surface area contributed by atoms with Crippen molar-refractivity contribution in [3.8, 4) is 0 Å². The normalized spacial score (nSPS) is 9.17. The molecule has 1 aromatic heterocycles. The first-order valence-electron chi connectivity index (χ1n) is 5.07. The fourth-order valence-corrected chi connectivity index (χ4v) is 1.22.